The van der Waals surface area contributed by atoms with Crippen LogP contribution in [0.2, 0.25) is 0 Å². The van der Waals surface area contributed by atoms with Gasteiger partial charge in [0.05, 0.1) is 11.5 Å². The maximum atomic E-state index is 12.0. The number of rotatable bonds is 5. The summed E-state index contributed by atoms with van der Waals surface area (Å²) in [5.74, 6) is 0.0402. The van der Waals surface area contributed by atoms with Crippen LogP contribution in [0, 0.1) is 5.41 Å². The van der Waals surface area contributed by atoms with Gasteiger partial charge in [-0.3, -0.25) is 4.79 Å². The molecular weight excluding hydrogens is 220 g/mol. The standard InChI is InChI=1S/C12H20N2OS/c1-4-12(3,8-13)11(15)14-9(2)10-6-5-7-16-10/h5-7,9H,4,8,13H2,1-3H3,(H,14,15)/t9-,12?/m1/s1. The van der Waals surface area contributed by atoms with Gasteiger partial charge in [-0.1, -0.05) is 13.0 Å². The lowest BCUT2D eigenvalue weighted by atomic mass is 9.86. The molecular formula is C12H20N2OS. The zero-order valence-electron chi connectivity index (χ0n) is 10.1. The summed E-state index contributed by atoms with van der Waals surface area (Å²) in [7, 11) is 0. The summed E-state index contributed by atoms with van der Waals surface area (Å²) < 4.78 is 0. The van der Waals surface area contributed by atoms with Crippen LogP contribution in [0.1, 0.15) is 38.1 Å². The molecule has 0 bridgehead atoms. The van der Waals surface area contributed by atoms with E-state index in [4.69, 9.17) is 5.73 Å². The van der Waals surface area contributed by atoms with Crippen molar-refractivity contribution in [1.29, 1.82) is 0 Å². The molecule has 1 heterocycles. The maximum absolute atomic E-state index is 12.0. The summed E-state index contributed by atoms with van der Waals surface area (Å²) in [5.41, 5.74) is 5.20. The molecule has 0 aromatic carbocycles. The smallest absolute Gasteiger partial charge is 0.227 e. The van der Waals surface area contributed by atoms with Crippen LogP contribution in [-0.4, -0.2) is 12.5 Å². The van der Waals surface area contributed by atoms with E-state index in [9.17, 15) is 4.79 Å². The number of nitrogens with one attached hydrogen (secondary N) is 1. The Morgan fingerprint density at radius 2 is 2.38 bits per heavy atom. The van der Waals surface area contributed by atoms with Gasteiger partial charge in [0.15, 0.2) is 0 Å². The van der Waals surface area contributed by atoms with Gasteiger partial charge >= 0.3 is 0 Å². The summed E-state index contributed by atoms with van der Waals surface area (Å²) in [6, 6.07) is 4.08. The lowest BCUT2D eigenvalue weighted by Gasteiger charge is -2.27. The number of amides is 1. The third-order valence-corrected chi connectivity index (χ3v) is 4.15. The molecule has 1 unspecified atom stereocenters. The summed E-state index contributed by atoms with van der Waals surface area (Å²) in [6.45, 7) is 6.27. The Balaban J connectivity index is 2.64. The first kappa shape index (κ1) is 13.2. The molecule has 1 amide bonds. The Bertz CT molecular complexity index is 331. The van der Waals surface area contributed by atoms with E-state index in [1.165, 1.54) is 4.88 Å². The monoisotopic (exact) mass is 240 g/mol. The van der Waals surface area contributed by atoms with Crippen molar-refractivity contribution < 1.29 is 4.79 Å². The molecule has 0 aliphatic heterocycles. The maximum Gasteiger partial charge on any atom is 0.227 e. The Morgan fingerprint density at radius 3 is 2.81 bits per heavy atom. The zero-order chi connectivity index (χ0) is 12.2. The molecule has 0 radical (unpaired) electrons. The molecule has 1 rings (SSSR count). The van der Waals surface area contributed by atoms with E-state index in [2.05, 4.69) is 5.32 Å². The second-order valence-corrected chi connectivity index (χ2v) is 5.31. The fraction of sp³-hybridized carbons (Fsp3) is 0.583. The van der Waals surface area contributed by atoms with Crippen molar-refractivity contribution in [3.05, 3.63) is 22.4 Å². The highest BCUT2D eigenvalue weighted by Crippen LogP contribution is 2.23. The molecule has 90 valence electrons. The van der Waals surface area contributed by atoms with Gasteiger partial charge in [-0.15, -0.1) is 11.3 Å². The van der Waals surface area contributed by atoms with E-state index in [1.807, 2.05) is 38.3 Å². The van der Waals surface area contributed by atoms with E-state index in [1.54, 1.807) is 11.3 Å². The van der Waals surface area contributed by atoms with Gasteiger partial charge in [0, 0.05) is 11.4 Å². The molecule has 3 nitrogen and oxygen atoms in total. The van der Waals surface area contributed by atoms with Crippen molar-refractivity contribution in [1.82, 2.24) is 5.32 Å². The van der Waals surface area contributed by atoms with Crippen LogP contribution in [0.15, 0.2) is 17.5 Å². The van der Waals surface area contributed by atoms with Crippen molar-refractivity contribution in [3.8, 4) is 0 Å². The summed E-state index contributed by atoms with van der Waals surface area (Å²) in [6.07, 6.45) is 0.756. The van der Waals surface area contributed by atoms with Crippen LogP contribution in [0.25, 0.3) is 0 Å². The van der Waals surface area contributed by atoms with Gasteiger partial charge in [-0.25, -0.2) is 0 Å². The first-order valence-corrected chi connectivity index (χ1v) is 6.46. The van der Waals surface area contributed by atoms with E-state index >= 15 is 0 Å². The third-order valence-electron chi connectivity index (χ3n) is 3.10. The number of carbonyl (C=O) groups is 1. The van der Waals surface area contributed by atoms with Crippen LogP contribution < -0.4 is 11.1 Å². The predicted octanol–water partition coefficient (Wildman–Crippen LogP) is 2.30. The van der Waals surface area contributed by atoms with E-state index in [0.717, 1.165) is 6.42 Å². The average Bonchev–Trinajstić information content (AvgIpc) is 2.81. The van der Waals surface area contributed by atoms with E-state index in [0.29, 0.717) is 6.54 Å². The van der Waals surface area contributed by atoms with Gasteiger partial charge in [0.25, 0.3) is 0 Å². The molecule has 4 heteroatoms. The third kappa shape index (κ3) is 2.83. The highest BCUT2D eigenvalue weighted by Gasteiger charge is 2.30. The number of thiophene rings is 1. The van der Waals surface area contributed by atoms with Gasteiger partial charge in [0.1, 0.15) is 0 Å². The molecule has 1 aromatic heterocycles. The fourth-order valence-corrected chi connectivity index (χ4v) is 2.11. The lowest BCUT2D eigenvalue weighted by Crippen LogP contribution is -2.44. The molecule has 0 fully saturated rings. The van der Waals surface area contributed by atoms with Gasteiger partial charge in [-0.05, 0) is 31.7 Å². The highest BCUT2D eigenvalue weighted by atomic mass is 32.1. The first-order chi connectivity index (χ1) is 7.53. The van der Waals surface area contributed by atoms with Crippen LogP contribution in [-0.2, 0) is 4.79 Å². The van der Waals surface area contributed by atoms with E-state index < -0.39 is 5.41 Å². The largest absolute Gasteiger partial charge is 0.348 e. The lowest BCUT2D eigenvalue weighted by molar-refractivity contribution is -0.130. The zero-order valence-corrected chi connectivity index (χ0v) is 10.9. The highest BCUT2D eigenvalue weighted by molar-refractivity contribution is 7.10. The summed E-state index contributed by atoms with van der Waals surface area (Å²) in [4.78, 5) is 13.2. The SMILES string of the molecule is CCC(C)(CN)C(=O)N[C@H](C)c1cccs1. The second kappa shape index (κ2) is 5.46. The van der Waals surface area contributed by atoms with Gasteiger partial charge < -0.3 is 11.1 Å². The molecule has 3 N–H and O–H groups in total. The van der Waals surface area contributed by atoms with Crippen molar-refractivity contribution in [2.45, 2.75) is 33.2 Å². The molecule has 1 aromatic rings. The average molecular weight is 240 g/mol. The Kier molecular flexibility index (Phi) is 4.50. The molecule has 0 aliphatic rings. The van der Waals surface area contributed by atoms with Gasteiger partial charge in [0.2, 0.25) is 5.91 Å². The van der Waals surface area contributed by atoms with Crippen molar-refractivity contribution >= 4 is 17.2 Å². The second-order valence-electron chi connectivity index (χ2n) is 4.33. The summed E-state index contributed by atoms with van der Waals surface area (Å²) >= 11 is 1.65. The van der Waals surface area contributed by atoms with Crippen molar-refractivity contribution in [2.24, 2.45) is 11.1 Å². The molecule has 0 spiro atoms. The van der Waals surface area contributed by atoms with Crippen LogP contribution in [0.4, 0.5) is 0 Å². The fourth-order valence-electron chi connectivity index (χ4n) is 1.38. The van der Waals surface area contributed by atoms with Crippen LogP contribution in [0.3, 0.4) is 0 Å². The Labute approximate surface area is 101 Å². The first-order valence-electron chi connectivity index (χ1n) is 5.58. The predicted molar refractivity (Wildman–Crippen MR) is 68.3 cm³/mol. The Morgan fingerprint density at radius 1 is 1.69 bits per heavy atom. The van der Waals surface area contributed by atoms with Crippen LogP contribution in [0.5, 0.6) is 0 Å². The quantitative estimate of drug-likeness (QED) is 0.829. The minimum Gasteiger partial charge on any atom is -0.348 e. The molecule has 0 saturated heterocycles. The summed E-state index contributed by atoms with van der Waals surface area (Å²) in [5, 5.41) is 5.03. The number of hydrogen-bond acceptors (Lipinski definition) is 3. The minimum atomic E-state index is -0.453. The molecule has 16 heavy (non-hydrogen) atoms. The van der Waals surface area contributed by atoms with Crippen molar-refractivity contribution in [3.63, 3.8) is 0 Å². The molecule has 0 aliphatic carbocycles. The number of hydrogen-bond donors (Lipinski definition) is 2. The topological polar surface area (TPSA) is 55.1 Å². The normalized spacial score (nSPS) is 16.5. The Hall–Kier alpha value is -0.870. The number of nitrogens with two attached hydrogens (primary N) is 1. The van der Waals surface area contributed by atoms with Gasteiger partial charge in [-0.2, -0.15) is 0 Å². The minimum absolute atomic E-state index is 0.0402. The van der Waals surface area contributed by atoms with Crippen molar-refractivity contribution in [2.75, 3.05) is 6.54 Å². The van der Waals surface area contributed by atoms with E-state index in [-0.39, 0.29) is 11.9 Å². The molecule has 2 atom stereocenters. The van der Waals surface area contributed by atoms with Crippen LogP contribution >= 0.6 is 11.3 Å². The number of carbonyl (C=O) groups excluding carboxylic acids is 1. The molecule has 0 saturated carbocycles.